The zero-order valence-electron chi connectivity index (χ0n) is 10.6. The maximum atomic E-state index is 10.1. The molecule has 3 nitrogen and oxygen atoms in total. The standard InChI is InChI=1S/C14H22O3/c1-12(8-9-17-11-10-16-2)14(15)13-6-4-3-5-7-13/h3-7,12,14-15H,8-11H2,1-2H3. The van der Waals surface area contributed by atoms with Gasteiger partial charge in [0.25, 0.3) is 0 Å². The molecule has 1 N–H and O–H groups in total. The topological polar surface area (TPSA) is 38.7 Å². The van der Waals surface area contributed by atoms with Crippen LogP contribution in [0.1, 0.15) is 25.0 Å². The summed E-state index contributed by atoms with van der Waals surface area (Å²) in [4.78, 5) is 0. The molecule has 0 radical (unpaired) electrons. The van der Waals surface area contributed by atoms with Gasteiger partial charge in [-0.1, -0.05) is 37.3 Å². The molecule has 0 saturated heterocycles. The summed E-state index contributed by atoms with van der Waals surface area (Å²) in [6.07, 6.45) is 0.432. The number of aliphatic hydroxyl groups is 1. The van der Waals surface area contributed by atoms with E-state index in [-0.39, 0.29) is 5.92 Å². The zero-order chi connectivity index (χ0) is 12.5. The fraction of sp³-hybridized carbons (Fsp3) is 0.571. The molecule has 0 saturated carbocycles. The number of aliphatic hydroxyl groups excluding tert-OH is 1. The van der Waals surface area contributed by atoms with Gasteiger partial charge in [0.05, 0.1) is 19.3 Å². The molecule has 0 aliphatic rings. The van der Waals surface area contributed by atoms with Gasteiger partial charge in [0, 0.05) is 13.7 Å². The zero-order valence-corrected chi connectivity index (χ0v) is 10.6. The van der Waals surface area contributed by atoms with E-state index in [2.05, 4.69) is 0 Å². The van der Waals surface area contributed by atoms with E-state index in [1.807, 2.05) is 37.3 Å². The average Bonchev–Trinajstić information content (AvgIpc) is 2.38. The predicted molar refractivity (Wildman–Crippen MR) is 67.9 cm³/mol. The summed E-state index contributed by atoms with van der Waals surface area (Å²) in [7, 11) is 1.66. The van der Waals surface area contributed by atoms with E-state index in [4.69, 9.17) is 9.47 Å². The monoisotopic (exact) mass is 238 g/mol. The van der Waals surface area contributed by atoms with E-state index in [9.17, 15) is 5.11 Å². The SMILES string of the molecule is COCCOCCC(C)C(O)c1ccccc1. The van der Waals surface area contributed by atoms with E-state index in [0.29, 0.717) is 19.8 Å². The lowest BCUT2D eigenvalue weighted by molar-refractivity contribution is 0.0459. The normalized spacial score (nSPS) is 14.5. The van der Waals surface area contributed by atoms with E-state index in [1.54, 1.807) is 7.11 Å². The van der Waals surface area contributed by atoms with Crippen molar-refractivity contribution in [2.45, 2.75) is 19.4 Å². The third kappa shape index (κ3) is 5.31. The van der Waals surface area contributed by atoms with Crippen LogP contribution < -0.4 is 0 Å². The number of rotatable bonds is 8. The molecule has 3 heteroatoms. The van der Waals surface area contributed by atoms with Gasteiger partial charge in [-0.15, -0.1) is 0 Å². The molecule has 0 aliphatic heterocycles. The molecule has 1 aromatic rings. The molecule has 2 atom stereocenters. The average molecular weight is 238 g/mol. The number of benzene rings is 1. The van der Waals surface area contributed by atoms with Crippen molar-refractivity contribution in [1.82, 2.24) is 0 Å². The quantitative estimate of drug-likeness (QED) is 0.707. The van der Waals surface area contributed by atoms with Crippen molar-refractivity contribution in [2.24, 2.45) is 5.92 Å². The summed E-state index contributed by atoms with van der Waals surface area (Å²) < 4.78 is 10.3. The Bertz CT molecular complexity index is 287. The van der Waals surface area contributed by atoms with Gasteiger partial charge in [0.1, 0.15) is 0 Å². The van der Waals surface area contributed by atoms with Crippen LogP contribution in [-0.4, -0.2) is 32.0 Å². The van der Waals surface area contributed by atoms with Crippen LogP contribution in [0.25, 0.3) is 0 Å². The first-order chi connectivity index (χ1) is 8.25. The van der Waals surface area contributed by atoms with Gasteiger partial charge in [-0.2, -0.15) is 0 Å². The second-order valence-corrected chi connectivity index (χ2v) is 4.23. The van der Waals surface area contributed by atoms with Crippen molar-refractivity contribution in [3.63, 3.8) is 0 Å². The third-order valence-electron chi connectivity index (χ3n) is 2.83. The molecular weight excluding hydrogens is 216 g/mol. The second kappa shape index (κ2) is 8.23. The molecule has 1 aromatic carbocycles. The summed E-state index contributed by atoms with van der Waals surface area (Å²) in [6.45, 7) is 3.94. The molecule has 0 aromatic heterocycles. The van der Waals surface area contributed by atoms with Gasteiger partial charge in [-0.25, -0.2) is 0 Å². The molecule has 0 fully saturated rings. The van der Waals surface area contributed by atoms with E-state index in [1.165, 1.54) is 0 Å². The van der Waals surface area contributed by atoms with Crippen LogP contribution in [0.3, 0.4) is 0 Å². The Morgan fingerprint density at radius 3 is 2.47 bits per heavy atom. The lowest BCUT2D eigenvalue weighted by atomic mass is 9.95. The van der Waals surface area contributed by atoms with Crippen molar-refractivity contribution in [1.29, 1.82) is 0 Å². The molecule has 1 rings (SSSR count). The minimum absolute atomic E-state index is 0.194. The second-order valence-electron chi connectivity index (χ2n) is 4.23. The molecular formula is C14H22O3. The van der Waals surface area contributed by atoms with Gasteiger partial charge in [-0.3, -0.25) is 0 Å². The highest BCUT2D eigenvalue weighted by Gasteiger charge is 2.15. The van der Waals surface area contributed by atoms with Crippen LogP contribution in [0.4, 0.5) is 0 Å². The molecule has 17 heavy (non-hydrogen) atoms. The van der Waals surface area contributed by atoms with Crippen LogP contribution in [0.15, 0.2) is 30.3 Å². The Hall–Kier alpha value is -0.900. The largest absolute Gasteiger partial charge is 0.388 e. The highest BCUT2D eigenvalue weighted by molar-refractivity contribution is 5.17. The lowest BCUT2D eigenvalue weighted by Crippen LogP contribution is -2.13. The van der Waals surface area contributed by atoms with Crippen LogP contribution in [0, 0.1) is 5.92 Å². The Labute approximate surface area is 103 Å². The van der Waals surface area contributed by atoms with E-state index >= 15 is 0 Å². The molecule has 0 heterocycles. The van der Waals surface area contributed by atoms with Crippen LogP contribution in [0.2, 0.25) is 0 Å². The summed E-state index contributed by atoms with van der Waals surface area (Å²) in [5.41, 5.74) is 0.969. The predicted octanol–water partition coefficient (Wildman–Crippen LogP) is 2.41. The van der Waals surface area contributed by atoms with Crippen molar-refractivity contribution < 1.29 is 14.6 Å². The Morgan fingerprint density at radius 1 is 1.12 bits per heavy atom. The van der Waals surface area contributed by atoms with E-state index < -0.39 is 6.10 Å². The number of ether oxygens (including phenoxy) is 2. The summed E-state index contributed by atoms with van der Waals surface area (Å²) in [5, 5.41) is 10.1. The minimum Gasteiger partial charge on any atom is -0.388 e. The fourth-order valence-corrected chi connectivity index (χ4v) is 1.65. The number of methoxy groups -OCH3 is 1. The summed E-state index contributed by atoms with van der Waals surface area (Å²) in [5.74, 6) is 0.194. The molecule has 0 aliphatic carbocycles. The van der Waals surface area contributed by atoms with Crippen LogP contribution in [-0.2, 0) is 9.47 Å². The van der Waals surface area contributed by atoms with Crippen molar-refractivity contribution in [3.05, 3.63) is 35.9 Å². The van der Waals surface area contributed by atoms with Crippen LogP contribution in [0.5, 0.6) is 0 Å². The highest BCUT2D eigenvalue weighted by Crippen LogP contribution is 2.23. The van der Waals surface area contributed by atoms with Gasteiger partial charge in [0.15, 0.2) is 0 Å². The van der Waals surface area contributed by atoms with Gasteiger partial charge >= 0.3 is 0 Å². The lowest BCUT2D eigenvalue weighted by Gasteiger charge is -2.19. The first-order valence-corrected chi connectivity index (χ1v) is 6.05. The number of hydrogen-bond donors (Lipinski definition) is 1. The van der Waals surface area contributed by atoms with Gasteiger partial charge in [-0.05, 0) is 17.9 Å². The van der Waals surface area contributed by atoms with E-state index in [0.717, 1.165) is 12.0 Å². The first kappa shape index (κ1) is 14.2. The maximum absolute atomic E-state index is 10.1. The maximum Gasteiger partial charge on any atom is 0.0816 e. The van der Waals surface area contributed by atoms with Crippen LogP contribution >= 0.6 is 0 Å². The smallest absolute Gasteiger partial charge is 0.0816 e. The molecule has 2 unspecified atom stereocenters. The summed E-state index contributed by atoms with van der Waals surface area (Å²) in [6, 6.07) is 9.75. The molecule has 0 bridgehead atoms. The third-order valence-corrected chi connectivity index (χ3v) is 2.83. The Kier molecular flexibility index (Phi) is 6.86. The molecule has 0 spiro atoms. The van der Waals surface area contributed by atoms with Crippen molar-refractivity contribution >= 4 is 0 Å². The molecule has 96 valence electrons. The number of hydrogen-bond acceptors (Lipinski definition) is 3. The molecule has 0 amide bonds. The fourth-order valence-electron chi connectivity index (χ4n) is 1.65. The Morgan fingerprint density at radius 2 is 1.82 bits per heavy atom. The Balaban J connectivity index is 2.25. The minimum atomic E-state index is -0.415. The highest BCUT2D eigenvalue weighted by atomic mass is 16.5. The van der Waals surface area contributed by atoms with Gasteiger partial charge < -0.3 is 14.6 Å². The first-order valence-electron chi connectivity index (χ1n) is 6.05. The van der Waals surface area contributed by atoms with Crippen molar-refractivity contribution in [3.8, 4) is 0 Å². The van der Waals surface area contributed by atoms with Gasteiger partial charge in [0.2, 0.25) is 0 Å². The van der Waals surface area contributed by atoms with Crippen molar-refractivity contribution in [2.75, 3.05) is 26.9 Å². The summed E-state index contributed by atoms with van der Waals surface area (Å²) >= 11 is 0.